The number of benzene rings is 1. The molecule has 1 atom stereocenters. The lowest BCUT2D eigenvalue weighted by molar-refractivity contribution is 0.169. The summed E-state index contributed by atoms with van der Waals surface area (Å²) in [6.07, 6.45) is -0.398. The van der Waals surface area contributed by atoms with Gasteiger partial charge in [0, 0.05) is 0 Å². The van der Waals surface area contributed by atoms with Crippen LogP contribution in [0.3, 0.4) is 0 Å². The molecule has 0 aliphatic heterocycles. The Hall–Kier alpha value is -1.42. The van der Waals surface area contributed by atoms with E-state index < -0.39 is 6.10 Å². The van der Waals surface area contributed by atoms with Gasteiger partial charge in [0.15, 0.2) is 0 Å². The van der Waals surface area contributed by atoms with Crippen molar-refractivity contribution in [1.82, 2.24) is 15.0 Å². The molecule has 0 saturated heterocycles. The van der Waals surface area contributed by atoms with Crippen LogP contribution in [0.25, 0.3) is 11.0 Å². The Bertz CT molecular complexity index is 408. The minimum Gasteiger partial charge on any atom is -0.391 e. The number of aliphatic hydroxyl groups excluding tert-OH is 1. The van der Waals surface area contributed by atoms with Gasteiger partial charge in [0.1, 0.15) is 5.52 Å². The van der Waals surface area contributed by atoms with E-state index in [4.69, 9.17) is 0 Å². The summed E-state index contributed by atoms with van der Waals surface area (Å²) in [4.78, 5) is 0. The van der Waals surface area contributed by atoms with E-state index in [2.05, 4.69) is 10.3 Å². The third kappa shape index (κ3) is 1.53. The van der Waals surface area contributed by atoms with E-state index in [9.17, 15) is 5.11 Å². The van der Waals surface area contributed by atoms with Crippen molar-refractivity contribution in [2.24, 2.45) is 0 Å². The van der Waals surface area contributed by atoms with Crippen LogP contribution < -0.4 is 0 Å². The maximum atomic E-state index is 9.20. The average molecular weight is 177 g/mol. The van der Waals surface area contributed by atoms with Gasteiger partial charge in [-0.1, -0.05) is 17.3 Å². The normalized spacial score (nSPS) is 13.4. The number of hydrogen-bond donors (Lipinski definition) is 1. The van der Waals surface area contributed by atoms with Crippen LogP contribution in [0.2, 0.25) is 0 Å². The van der Waals surface area contributed by atoms with E-state index in [0.29, 0.717) is 6.54 Å². The molecule has 1 N–H and O–H groups in total. The first-order chi connectivity index (χ1) is 6.27. The molecule has 0 spiro atoms. The van der Waals surface area contributed by atoms with Crippen molar-refractivity contribution in [3.63, 3.8) is 0 Å². The van der Waals surface area contributed by atoms with Crippen molar-refractivity contribution in [2.45, 2.75) is 19.6 Å². The summed E-state index contributed by atoms with van der Waals surface area (Å²) >= 11 is 0. The fourth-order valence-electron chi connectivity index (χ4n) is 1.30. The van der Waals surface area contributed by atoms with Crippen molar-refractivity contribution >= 4 is 11.0 Å². The third-order valence-corrected chi connectivity index (χ3v) is 1.86. The molecule has 4 nitrogen and oxygen atoms in total. The Morgan fingerprint density at radius 1 is 1.46 bits per heavy atom. The molecule has 0 saturated carbocycles. The predicted octanol–water partition coefficient (Wildman–Crippen LogP) is 0.812. The van der Waals surface area contributed by atoms with E-state index in [1.807, 2.05) is 24.3 Å². The Morgan fingerprint density at radius 2 is 2.23 bits per heavy atom. The van der Waals surface area contributed by atoms with Gasteiger partial charge >= 0.3 is 0 Å². The number of aliphatic hydroxyl groups is 1. The second-order valence-electron chi connectivity index (χ2n) is 3.11. The van der Waals surface area contributed by atoms with Crippen LogP contribution >= 0.6 is 0 Å². The number of nitrogens with zero attached hydrogens (tertiary/aromatic N) is 3. The highest BCUT2D eigenvalue weighted by Crippen LogP contribution is 2.09. The first kappa shape index (κ1) is 8.19. The highest BCUT2D eigenvalue weighted by atomic mass is 16.3. The Morgan fingerprint density at radius 3 is 3.00 bits per heavy atom. The van der Waals surface area contributed by atoms with Gasteiger partial charge in [0.2, 0.25) is 0 Å². The molecule has 1 aromatic heterocycles. The molecule has 68 valence electrons. The molecule has 1 aromatic carbocycles. The Balaban J connectivity index is 2.46. The molecule has 13 heavy (non-hydrogen) atoms. The van der Waals surface area contributed by atoms with Gasteiger partial charge in [-0.05, 0) is 19.1 Å². The Labute approximate surface area is 75.8 Å². The van der Waals surface area contributed by atoms with Crippen LogP contribution in [0.15, 0.2) is 24.3 Å². The van der Waals surface area contributed by atoms with Crippen LogP contribution in [-0.4, -0.2) is 26.2 Å². The van der Waals surface area contributed by atoms with Gasteiger partial charge < -0.3 is 5.11 Å². The lowest BCUT2D eigenvalue weighted by atomic mass is 10.3. The van der Waals surface area contributed by atoms with Crippen LogP contribution in [0, 0.1) is 0 Å². The predicted molar refractivity (Wildman–Crippen MR) is 49.2 cm³/mol. The van der Waals surface area contributed by atoms with E-state index in [-0.39, 0.29) is 0 Å². The van der Waals surface area contributed by atoms with E-state index >= 15 is 0 Å². The Kier molecular flexibility index (Phi) is 1.98. The van der Waals surface area contributed by atoms with Gasteiger partial charge in [-0.15, -0.1) is 5.10 Å². The standard InChI is InChI=1S/C9H11N3O/c1-7(13)6-12-9-5-3-2-4-8(9)10-11-12/h2-5,7,13H,6H2,1H3/t7-/m1/s1. The molecular weight excluding hydrogens is 166 g/mol. The molecular formula is C9H11N3O. The molecule has 4 heteroatoms. The molecule has 0 aliphatic rings. The summed E-state index contributed by atoms with van der Waals surface area (Å²) in [5, 5.41) is 17.1. The molecule has 0 aliphatic carbocycles. The average Bonchev–Trinajstić information content (AvgIpc) is 2.48. The summed E-state index contributed by atoms with van der Waals surface area (Å²) < 4.78 is 1.71. The van der Waals surface area contributed by atoms with Gasteiger partial charge in [0.25, 0.3) is 0 Å². The van der Waals surface area contributed by atoms with E-state index in [1.165, 1.54) is 0 Å². The third-order valence-electron chi connectivity index (χ3n) is 1.86. The van der Waals surface area contributed by atoms with Gasteiger partial charge in [-0.2, -0.15) is 0 Å². The molecule has 2 rings (SSSR count). The van der Waals surface area contributed by atoms with Crippen LogP contribution in [-0.2, 0) is 6.54 Å². The summed E-state index contributed by atoms with van der Waals surface area (Å²) in [6.45, 7) is 2.22. The van der Waals surface area contributed by atoms with Gasteiger partial charge in [-0.3, -0.25) is 0 Å². The molecule has 0 amide bonds. The van der Waals surface area contributed by atoms with Crippen LogP contribution in [0.4, 0.5) is 0 Å². The second kappa shape index (κ2) is 3.14. The zero-order chi connectivity index (χ0) is 9.26. The zero-order valence-electron chi connectivity index (χ0n) is 7.38. The molecule has 0 bridgehead atoms. The molecule has 0 radical (unpaired) electrons. The van der Waals surface area contributed by atoms with E-state index in [0.717, 1.165) is 11.0 Å². The fourth-order valence-corrected chi connectivity index (χ4v) is 1.30. The second-order valence-corrected chi connectivity index (χ2v) is 3.11. The van der Waals surface area contributed by atoms with Crippen molar-refractivity contribution < 1.29 is 5.11 Å². The van der Waals surface area contributed by atoms with Gasteiger partial charge in [-0.25, -0.2) is 4.68 Å². The summed E-state index contributed by atoms with van der Waals surface area (Å²) in [5.74, 6) is 0. The summed E-state index contributed by atoms with van der Waals surface area (Å²) in [7, 11) is 0. The number of hydrogen-bond acceptors (Lipinski definition) is 3. The fraction of sp³-hybridized carbons (Fsp3) is 0.333. The van der Waals surface area contributed by atoms with E-state index in [1.54, 1.807) is 11.6 Å². The van der Waals surface area contributed by atoms with Crippen LogP contribution in [0.1, 0.15) is 6.92 Å². The number of fused-ring (bicyclic) bond motifs is 1. The maximum absolute atomic E-state index is 9.20. The highest BCUT2D eigenvalue weighted by Gasteiger charge is 2.04. The monoisotopic (exact) mass is 177 g/mol. The zero-order valence-corrected chi connectivity index (χ0v) is 7.38. The highest BCUT2D eigenvalue weighted by molar-refractivity contribution is 5.73. The largest absolute Gasteiger partial charge is 0.391 e. The smallest absolute Gasteiger partial charge is 0.113 e. The molecule has 2 aromatic rings. The first-order valence-electron chi connectivity index (χ1n) is 4.23. The molecule has 0 unspecified atom stereocenters. The summed E-state index contributed by atoms with van der Waals surface area (Å²) in [5.41, 5.74) is 1.83. The number of rotatable bonds is 2. The van der Waals surface area contributed by atoms with Crippen molar-refractivity contribution in [3.8, 4) is 0 Å². The number of para-hydroxylation sites is 1. The van der Waals surface area contributed by atoms with Crippen molar-refractivity contribution in [3.05, 3.63) is 24.3 Å². The minimum atomic E-state index is -0.398. The SMILES string of the molecule is C[C@@H](O)Cn1nnc2ccccc21. The first-order valence-corrected chi connectivity index (χ1v) is 4.23. The molecule has 1 heterocycles. The van der Waals surface area contributed by atoms with Crippen molar-refractivity contribution in [2.75, 3.05) is 0 Å². The topological polar surface area (TPSA) is 50.9 Å². The number of aromatic nitrogens is 3. The maximum Gasteiger partial charge on any atom is 0.113 e. The van der Waals surface area contributed by atoms with Crippen LogP contribution in [0.5, 0.6) is 0 Å². The lowest BCUT2D eigenvalue weighted by Crippen LogP contribution is -2.12. The molecule has 0 fully saturated rings. The van der Waals surface area contributed by atoms with Gasteiger partial charge in [0.05, 0.1) is 18.2 Å². The lowest BCUT2D eigenvalue weighted by Gasteiger charge is -2.03. The van der Waals surface area contributed by atoms with Crippen molar-refractivity contribution in [1.29, 1.82) is 0 Å². The minimum absolute atomic E-state index is 0.398. The summed E-state index contributed by atoms with van der Waals surface area (Å²) in [6, 6.07) is 7.70. The quantitative estimate of drug-likeness (QED) is 0.738.